The van der Waals surface area contributed by atoms with E-state index in [2.05, 4.69) is 14.8 Å². The van der Waals surface area contributed by atoms with Gasteiger partial charge in [-0.25, -0.2) is 4.79 Å². The molecule has 0 aromatic carbocycles. The molecule has 1 amide bonds. The third-order valence-corrected chi connectivity index (χ3v) is 3.89. The Balaban J connectivity index is 2.36. The van der Waals surface area contributed by atoms with Crippen LogP contribution in [0.15, 0.2) is 0 Å². The van der Waals surface area contributed by atoms with Gasteiger partial charge < -0.3 is 10.4 Å². The number of carboxylic acids is 1. The number of carboxylic acid groups (broad SMARTS) is 1. The van der Waals surface area contributed by atoms with Crippen LogP contribution in [-0.4, -0.2) is 31.1 Å². The van der Waals surface area contributed by atoms with Crippen molar-refractivity contribution in [3.63, 3.8) is 0 Å². The highest BCUT2D eigenvalue weighted by molar-refractivity contribution is 7.11. The van der Waals surface area contributed by atoms with Crippen LogP contribution < -0.4 is 5.32 Å². The Morgan fingerprint density at radius 3 is 2.35 bits per heavy atom. The van der Waals surface area contributed by atoms with Crippen LogP contribution in [0.1, 0.15) is 37.8 Å². The number of hydrogen-bond acceptors (Lipinski definition) is 5. The lowest BCUT2D eigenvalue weighted by Crippen LogP contribution is -2.15. The molecule has 0 saturated carbocycles. The second-order valence-electron chi connectivity index (χ2n) is 4.40. The summed E-state index contributed by atoms with van der Waals surface area (Å²) in [5.74, 6) is -1.48. The van der Waals surface area contributed by atoms with Gasteiger partial charge >= 0.3 is 5.97 Å². The van der Waals surface area contributed by atoms with Crippen molar-refractivity contribution in [2.24, 2.45) is 7.05 Å². The van der Waals surface area contributed by atoms with Crippen molar-refractivity contribution in [2.75, 3.05) is 5.32 Å². The predicted molar refractivity (Wildman–Crippen MR) is 74.4 cm³/mol. The van der Waals surface area contributed by atoms with Gasteiger partial charge in [0.05, 0.1) is 17.0 Å². The minimum atomic E-state index is -1.11. The quantitative estimate of drug-likeness (QED) is 0.899. The number of rotatable bonds is 3. The number of aromatic nitrogens is 3. The molecule has 2 heterocycles. The van der Waals surface area contributed by atoms with Gasteiger partial charge in [0, 0.05) is 12.7 Å². The molecule has 0 fully saturated rings. The van der Waals surface area contributed by atoms with Gasteiger partial charge in [-0.3, -0.25) is 9.48 Å². The van der Waals surface area contributed by atoms with Crippen LogP contribution in [0.2, 0.25) is 0 Å². The Morgan fingerprint density at radius 2 is 1.85 bits per heavy atom. The molecular weight excluding hydrogens is 280 g/mol. The molecule has 7 nitrogen and oxygen atoms in total. The predicted octanol–water partition coefficient (Wildman–Crippen LogP) is 1.75. The summed E-state index contributed by atoms with van der Waals surface area (Å²) in [4.78, 5) is 23.4. The van der Waals surface area contributed by atoms with Gasteiger partial charge in [-0.1, -0.05) is 0 Å². The summed E-state index contributed by atoms with van der Waals surface area (Å²) in [7, 11) is 1.75. The van der Waals surface area contributed by atoms with E-state index in [1.165, 1.54) is 0 Å². The average Bonchev–Trinajstić information content (AvgIpc) is 2.81. The fourth-order valence-electron chi connectivity index (χ4n) is 1.97. The Bertz CT molecular complexity index is 702. The number of carbonyl (C=O) groups is 2. The minimum absolute atomic E-state index is 0.0301. The van der Waals surface area contributed by atoms with Crippen molar-refractivity contribution in [2.45, 2.75) is 20.8 Å². The van der Waals surface area contributed by atoms with Crippen LogP contribution in [0.4, 0.5) is 5.00 Å². The number of carbonyl (C=O) groups excluding carboxylic acids is 1. The van der Waals surface area contributed by atoms with Crippen molar-refractivity contribution in [3.05, 3.63) is 28.2 Å². The first-order chi connectivity index (χ1) is 9.32. The summed E-state index contributed by atoms with van der Waals surface area (Å²) in [6.07, 6.45) is 0. The van der Waals surface area contributed by atoms with E-state index in [0.717, 1.165) is 17.2 Å². The van der Waals surface area contributed by atoms with E-state index in [-0.39, 0.29) is 16.5 Å². The van der Waals surface area contributed by atoms with Crippen molar-refractivity contribution in [3.8, 4) is 0 Å². The van der Waals surface area contributed by atoms with Crippen molar-refractivity contribution in [1.82, 2.24) is 14.2 Å². The van der Waals surface area contributed by atoms with E-state index in [4.69, 9.17) is 5.11 Å². The standard InChI is InChI=1S/C12H14N4O3S/c1-5-8(7(3)16(4)14-5)10(17)13-11-9(12(18)19)6(2)15-20-11/h1-4H3,(H,13,17)(H,18,19). The number of nitrogens with zero attached hydrogens (tertiary/aromatic N) is 3. The summed E-state index contributed by atoms with van der Waals surface area (Å²) < 4.78 is 5.57. The maximum Gasteiger partial charge on any atom is 0.340 e. The highest BCUT2D eigenvalue weighted by atomic mass is 32.1. The van der Waals surface area contributed by atoms with Crippen LogP contribution in [0.5, 0.6) is 0 Å². The summed E-state index contributed by atoms with van der Waals surface area (Å²) in [6, 6.07) is 0. The first kappa shape index (κ1) is 14.2. The molecule has 0 unspecified atom stereocenters. The summed E-state index contributed by atoms with van der Waals surface area (Å²) in [5, 5.41) is 16.1. The Labute approximate surface area is 119 Å². The number of anilines is 1. The van der Waals surface area contributed by atoms with Crippen molar-refractivity contribution in [1.29, 1.82) is 0 Å². The zero-order valence-corrected chi connectivity index (χ0v) is 12.3. The van der Waals surface area contributed by atoms with Crippen molar-refractivity contribution < 1.29 is 14.7 Å². The van der Waals surface area contributed by atoms with Crippen molar-refractivity contribution >= 4 is 28.4 Å². The monoisotopic (exact) mass is 294 g/mol. The molecule has 0 spiro atoms. The lowest BCUT2D eigenvalue weighted by molar-refractivity contribution is 0.0697. The van der Waals surface area contributed by atoms with Gasteiger partial charge in [0.1, 0.15) is 10.6 Å². The molecule has 0 aliphatic carbocycles. The highest BCUT2D eigenvalue weighted by Gasteiger charge is 2.22. The second kappa shape index (κ2) is 5.04. The van der Waals surface area contributed by atoms with Gasteiger partial charge in [0.25, 0.3) is 5.91 Å². The molecule has 0 radical (unpaired) electrons. The first-order valence-corrected chi connectivity index (χ1v) is 6.61. The zero-order chi connectivity index (χ0) is 15.0. The number of aryl methyl sites for hydroxylation is 3. The Hall–Kier alpha value is -2.22. The van der Waals surface area contributed by atoms with Crippen LogP contribution in [0.25, 0.3) is 0 Å². The smallest absolute Gasteiger partial charge is 0.340 e. The summed E-state index contributed by atoms with van der Waals surface area (Å²) >= 11 is 0.956. The van der Waals surface area contributed by atoms with E-state index in [1.54, 1.807) is 32.5 Å². The maximum absolute atomic E-state index is 12.3. The fourth-order valence-corrected chi connectivity index (χ4v) is 2.76. The van der Waals surface area contributed by atoms with E-state index in [9.17, 15) is 9.59 Å². The van der Waals surface area contributed by atoms with Gasteiger partial charge in [0.2, 0.25) is 0 Å². The van der Waals surface area contributed by atoms with Crippen LogP contribution >= 0.6 is 11.5 Å². The normalized spacial score (nSPS) is 10.6. The second-order valence-corrected chi connectivity index (χ2v) is 5.17. The molecule has 106 valence electrons. The Morgan fingerprint density at radius 1 is 1.20 bits per heavy atom. The molecule has 2 aromatic rings. The molecule has 2 rings (SSSR count). The minimum Gasteiger partial charge on any atom is -0.478 e. The molecule has 0 aliphatic heterocycles. The van der Waals surface area contributed by atoms with Gasteiger partial charge in [-0.05, 0) is 32.3 Å². The van der Waals surface area contributed by atoms with E-state index in [1.807, 2.05) is 0 Å². The molecule has 8 heteroatoms. The number of aromatic carboxylic acids is 1. The summed E-state index contributed by atoms with van der Waals surface area (Å²) in [6.45, 7) is 5.11. The zero-order valence-electron chi connectivity index (χ0n) is 11.5. The summed E-state index contributed by atoms with van der Waals surface area (Å²) in [5.41, 5.74) is 2.19. The third-order valence-electron chi connectivity index (χ3n) is 3.04. The molecule has 0 aliphatic rings. The van der Waals surface area contributed by atoms with Gasteiger partial charge in [0.15, 0.2) is 0 Å². The molecular formula is C12H14N4O3S. The van der Waals surface area contributed by atoms with Crippen LogP contribution in [0.3, 0.4) is 0 Å². The Kier molecular flexibility index (Phi) is 3.58. The maximum atomic E-state index is 12.3. The topological polar surface area (TPSA) is 97.1 Å². The van der Waals surface area contributed by atoms with Gasteiger partial charge in [-0.2, -0.15) is 9.47 Å². The molecule has 20 heavy (non-hydrogen) atoms. The molecule has 2 aromatic heterocycles. The van der Waals surface area contributed by atoms with E-state index >= 15 is 0 Å². The number of amides is 1. The molecule has 0 atom stereocenters. The largest absolute Gasteiger partial charge is 0.478 e. The van der Waals surface area contributed by atoms with E-state index in [0.29, 0.717) is 17.0 Å². The molecule has 0 saturated heterocycles. The van der Waals surface area contributed by atoms with Gasteiger partial charge in [-0.15, -0.1) is 0 Å². The highest BCUT2D eigenvalue weighted by Crippen LogP contribution is 2.25. The number of hydrogen-bond donors (Lipinski definition) is 2. The SMILES string of the molecule is Cc1nsc(NC(=O)c2c(C)nn(C)c2C)c1C(=O)O. The number of nitrogens with one attached hydrogen (secondary N) is 1. The lowest BCUT2D eigenvalue weighted by Gasteiger charge is -2.04. The fraction of sp³-hybridized carbons (Fsp3) is 0.333. The van der Waals surface area contributed by atoms with Crippen LogP contribution in [-0.2, 0) is 7.05 Å². The van der Waals surface area contributed by atoms with E-state index < -0.39 is 5.97 Å². The first-order valence-electron chi connectivity index (χ1n) is 5.84. The molecule has 0 bridgehead atoms. The molecule has 2 N–H and O–H groups in total. The lowest BCUT2D eigenvalue weighted by atomic mass is 10.2. The van der Waals surface area contributed by atoms with Crippen LogP contribution in [0, 0.1) is 20.8 Å². The third kappa shape index (κ3) is 2.29. The average molecular weight is 294 g/mol.